The maximum absolute atomic E-state index is 14.0. The minimum atomic E-state index is -4.76. The van der Waals surface area contributed by atoms with Gasteiger partial charge in [-0.3, -0.25) is 9.69 Å². The quantitative estimate of drug-likeness (QED) is 0.538. The molecule has 1 aromatic heterocycles. The molecule has 0 bridgehead atoms. The lowest BCUT2D eigenvalue weighted by Crippen LogP contribution is -2.37. The van der Waals surface area contributed by atoms with E-state index in [1.54, 1.807) is 38.3 Å². The molecular formula is C25H27F3N4O2. The largest absolute Gasteiger partial charge is 0.497 e. The van der Waals surface area contributed by atoms with Crippen molar-refractivity contribution in [3.05, 3.63) is 77.1 Å². The predicted molar refractivity (Wildman–Crippen MR) is 122 cm³/mol. The van der Waals surface area contributed by atoms with Crippen molar-refractivity contribution < 1.29 is 22.7 Å². The molecule has 1 fully saturated rings. The van der Waals surface area contributed by atoms with Crippen LogP contribution in [0.15, 0.2) is 54.7 Å². The van der Waals surface area contributed by atoms with Crippen molar-refractivity contribution in [2.75, 3.05) is 26.7 Å². The highest BCUT2D eigenvalue weighted by molar-refractivity contribution is 5.95. The van der Waals surface area contributed by atoms with Gasteiger partial charge in [-0.05, 0) is 62.2 Å². The van der Waals surface area contributed by atoms with Crippen molar-refractivity contribution in [3.63, 3.8) is 0 Å². The number of aromatic nitrogens is 2. The molecule has 1 aliphatic heterocycles. The first-order valence-corrected chi connectivity index (χ1v) is 11.2. The molecule has 1 aliphatic rings. The summed E-state index contributed by atoms with van der Waals surface area (Å²) in [5.41, 5.74) is 0.253. The molecule has 0 saturated carbocycles. The average Bonchev–Trinajstić information content (AvgIpc) is 3.50. The number of carbonyl (C=O) groups is 1. The maximum Gasteiger partial charge on any atom is 0.434 e. The summed E-state index contributed by atoms with van der Waals surface area (Å²) in [5.74, 6) is -0.119. The van der Waals surface area contributed by atoms with Crippen LogP contribution < -0.4 is 10.1 Å². The van der Waals surface area contributed by atoms with Crippen molar-refractivity contribution in [3.8, 4) is 11.4 Å². The Hall–Kier alpha value is -3.33. The van der Waals surface area contributed by atoms with E-state index in [9.17, 15) is 18.0 Å². The number of hydrogen-bond donors (Lipinski definition) is 1. The van der Waals surface area contributed by atoms with E-state index in [0.29, 0.717) is 11.3 Å². The Labute approximate surface area is 196 Å². The van der Waals surface area contributed by atoms with E-state index in [-0.39, 0.29) is 18.3 Å². The summed E-state index contributed by atoms with van der Waals surface area (Å²) >= 11 is 0. The number of aryl methyl sites for hydroxylation is 1. The van der Waals surface area contributed by atoms with E-state index in [0.717, 1.165) is 42.4 Å². The van der Waals surface area contributed by atoms with Crippen LogP contribution in [0.1, 0.15) is 46.1 Å². The van der Waals surface area contributed by atoms with Crippen LogP contribution in [-0.4, -0.2) is 47.3 Å². The topological polar surface area (TPSA) is 59.4 Å². The van der Waals surface area contributed by atoms with Gasteiger partial charge in [0, 0.05) is 6.54 Å². The Morgan fingerprint density at radius 2 is 1.88 bits per heavy atom. The van der Waals surface area contributed by atoms with E-state index in [1.807, 2.05) is 24.3 Å². The van der Waals surface area contributed by atoms with E-state index in [2.05, 4.69) is 15.3 Å². The van der Waals surface area contributed by atoms with E-state index in [4.69, 9.17) is 4.74 Å². The standard InChI is InChI=1S/C25H27F3N4O2/c1-17-8-3-4-11-21(17)32-23(25(26,27)28)20(15-30-32)24(33)29-16-22(31-12-5-6-13-31)18-9-7-10-19(14-18)34-2/h3-4,7-11,14-15,22H,5-6,12-13,16H2,1-2H3,(H,29,33). The van der Waals surface area contributed by atoms with Crippen molar-refractivity contribution in [2.24, 2.45) is 0 Å². The van der Waals surface area contributed by atoms with Crippen LogP contribution in [0.2, 0.25) is 0 Å². The van der Waals surface area contributed by atoms with Gasteiger partial charge in [-0.25, -0.2) is 4.68 Å². The second-order valence-electron chi connectivity index (χ2n) is 8.35. The first-order chi connectivity index (χ1) is 16.3. The molecule has 1 saturated heterocycles. The number of carbonyl (C=O) groups excluding carboxylic acids is 1. The van der Waals surface area contributed by atoms with Crippen LogP contribution in [-0.2, 0) is 6.18 Å². The Bertz CT molecular complexity index is 1150. The van der Waals surface area contributed by atoms with Crippen LogP contribution in [0.25, 0.3) is 5.69 Å². The number of para-hydroxylation sites is 1. The minimum Gasteiger partial charge on any atom is -0.497 e. The molecular weight excluding hydrogens is 445 g/mol. The van der Waals surface area contributed by atoms with E-state index < -0.39 is 23.3 Å². The van der Waals surface area contributed by atoms with Crippen LogP contribution in [0.4, 0.5) is 13.2 Å². The Morgan fingerprint density at radius 1 is 1.15 bits per heavy atom. The molecule has 1 amide bonds. The van der Waals surface area contributed by atoms with Gasteiger partial charge in [0.15, 0.2) is 5.69 Å². The fraction of sp³-hybridized carbons (Fsp3) is 0.360. The lowest BCUT2D eigenvalue weighted by molar-refractivity contribution is -0.143. The number of hydrogen-bond acceptors (Lipinski definition) is 4. The zero-order valence-corrected chi connectivity index (χ0v) is 19.1. The van der Waals surface area contributed by atoms with Crippen LogP contribution in [0.5, 0.6) is 5.75 Å². The summed E-state index contributed by atoms with van der Waals surface area (Å²) in [6.07, 6.45) is -1.70. The highest BCUT2D eigenvalue weighted by atomic mass is 19.4. The van der Waals surface area contributed by atoms with Crippen LogP contribution in [0.3, 0.4) is 0 Å². The van der Waals surface area contributed by atoms with Crippen molar-refractivity contribution >= 4 is 5.91 Å². The molecule has 0 spiro atoms. The van der Waals surface area contributed by atoms with Crippen LogP contribution in [0, 0.1) is 6.92 Å². The van der Waals surface area contributed by atoms with E-state index >= 15 is 0 Å². The smallest absolute Gasteiger partial charge is 0.434 e. The lowest BCUT2D eigenvalue weighted by Gasteiger charge is -2.28. The molecule has 2 aromatic carbocycles. The third kappa shape index (κ3) is 4.94. The van der Waals surface area contributed by atoms with Gasteiger partial charge in [0.2, 0.25) is 0 Å². The first-order valence-electron chi connectivity index (χ1n) is 11.2. The number of likely N-dealkylation sites (tertiary alicyclic amines) is 1. The molecule has 1 unspecified atom stereocenters. The summed E-state index contributed by atoms with van der Waals surface area (Å²) in [6, 6.07) is 14.0. The summed E-state index contributed by atoms with van der Waals surface area (Å²) in [7, 11) is 1.58. The van der Waals surface area contributed by atoms with Gasteiger partial charge in [-0.1, -0.05) is 30.3 Å². The van der Waals surface area contributed by atoms with Gasteiger partial charge >= 0.3 is 6.18 Å². The van der Waals surface area contributed by atoms with Crippen molar-refractivity contribution in [1.29, 1.82) is 0 Å². The Morgan fingerprint density at radius 3 is 2.56 bits per heavy atom. The number of amides is 1. The number of rotatable bonds is 7. The maximum atomic E-state index is 14.0. The third-order valence-electron chi connectivity index (χ3n) is 6.14. The monoisotopic (exact) mass is 472 g/mol. The molecule has 9 heteroatoms. The molecule has 1 atom stereocenters. The van der Waals surface area contributed by atoms with Crippen molar-refractivity contribution in [1.82, 2.24) is 20.0 Å². The highest BCUT2D eigenvalue weighted by Crippen LogP contribution is 2.34. The number of alkyl halides is 3. The molecule has 6 nitrogen and oxygen atoms in total. The number of benzene rings is 2. The van der Waals surface area contributed by atoms with Gasteiger partial charge in [-0.2, -0.15) is 18.3 Å². The average molecular weight is 473 g/mol. The van der Waals surface area contributed by atoms with Crippen molar-refractivity contribution in [2.45, 2.75) is 32.0 Å². The number of nitrogens with one attached hydrogen (secondary N) is 1. The molecule has 3 aromatic rings. The fourth-order valence-corrected chi connectivity index (χ4v) is 4.42. The zero-order chi connectivity index (χ0) is 24.3. The normalized spacial score (nSPS) is 15.3. The summed E-state index contributed by atoms with van der Waals surface area (Å²) < 4.78 is 48.3. The molecule has 0 aliphatic carbocycles. The third-order valence-corrected chi connectivity index (χ3v) is 6.14. The molecule has 180 valence electrons. The SMILES string of the molecule is COc1cccc(C(CNC(=O)c2cnn(-c3ccccc3C)c2C(F)(F)F)N2CCCC2)c1. The van der Waals surface area contributed by atoms with Gasteiger partial charge in [-0.15, -0.1) is 0 Å². The van der Waals surface area contributed by atoms with Gasteiger partial charge in [0.05, 0.1) is 30.6 Å². The number of ether oxygens (including phenoxy) is 1. The molecule has 4 rings (SSSR count). The van der Waals surface area contributed by atoms with Gasteiger partial charge in [0.25, 0.3) is 5.91 Å². The number of halogens is 3. The molecule has 2 heterocycles. The number of nitrogens with zero attached hydrogens (tertiary/aromatic N) is 3. The van der Waals surface area contributed by atoms with Gasteiger partial charge in [0.1, 0.15) is 5.75 Å². The number of methoxy groups -OCH3 is 1. The predicted octanol–water partition coefficient (Wildman–Crippen LogP) is 4.78. The molecule has 34 heavy (non-hydrogen) atoms. The Balaban J connectivity index is 1.62. The summed E-state index contributed by atoms with van der Waals surface area (Å²) in [6.45, 7) is 3.58. The second-order valence-corrected chi connectivity index (χ2v) is 8.35. The van der Waals surface area contributed by atoms with Gasteiger partial charge < -0.3 is 10.1 Å². The highest BCUT2D eigenvalue weighted by Gasteiger charge is 2.41. The lowest BCUT2D eigenvalue weighted by atomic mass is 10.0. The summed E-state index contributed by atoms with van der Waals surface area (Å²) in [4.78, 5) is 15.2. The van der Waals surface area contributed by atoms with E-state index in [1.165, 1.54) is 0 Å². The van der Waals surface area contributed by atoms with Crippen LogP contribution >= 0.6 is 0 Å². The second kappa shape index (κ2) is 9.89. The Kier molecular flexibility index (Phi) is 6.92. The fourth-order valence-electron chi connectivity index (χ4n) is 4.42. The zero-order valence-electron chi connectivity index (χ0n) is 19.1. The first kappa shape index (κ1) is 23.8. The minimum absolute atomic E-state index is 0.166. The molecule has 1 N–H and O–H groups in total. The summed E-state index contributed by atoms with van der Waals surface area (Å²) in [5, 5.41) is 6.66. The molecule has 0 radical (unpaired) electrons.